The van der Waals surface area contributed by atoms with Crippen molar-refractivity contribution >= 4 is 39.0 Å². The fourth-order valence-corrected chi connectivity index (χ4v) is 10.1. The van der Waals surface area contributed by atoms with Gasteiger partial charge in [-0.2, -0.15) is 13.2 Å². The lowest BCUT2D eigenvalue weighted by Crippen LogP contribution is -2.49. The van der Waals surface area contributed by atoms with Crippen LogP contribution in [0.4, 0.5) is 18.9 Å². The van der Waals surface area contributed by atoms with Crippen LogP contribution in [0.1, 0.15) is 79.3 Å². The maximum atomic E-state index is 14.1. The van der Waals surface area contributed by atoms with E-state index in [4.69, 9.17) is 21.1 Å². The van der Waals surface area contributed by atoms with Crippen molar-refractivity contribution in [2.45, 2.75) is 81.9 Å². The summed E-state index contributed by atoms with van der Waals surface area (Å²) in [4.78, 5) is 29.0. The third-order valence-electron chi connectivity index (χ3n) is 11.5. The molecule has 5 aliphatic rings. The molecule has 0 saturated heterocycles. The van der Waals surface area contributed by atoms with Crippen LogP contribution in [0.5, 0.6) is 5.75 Å². The van der Waals surface area contributed by atoms with E-state index in [2.05, 4.69) is 20.1 Å². The van der Waals surface area contributed by atoms with Crippen LogP contribution >= 0.6 is 11.6 Å². The Hall–Kier alpha value is -3.09. The Labute approximate surface area is 296 Å². The first-order chi connectivity index (χ1) is 23.8. The summed E-state index contributed by atoms with van der Waals surface area (Å²) in [5.74, 6) is -0.799. The number of ether oxygens (including phenoxy) is 2. The summed E-state index contributed by atoms with van der Waals surface area (Å²) in [6.45, 7) is 1.80. The molecule has 13 heteroatoms. The first kappa shape index (κ1) is 35.3. The highest BCUT2D eigenvalue weighted by atomic mass is 35.5. The summed E-state index contributed by atoms with van der Waals surface area (Å²) < 4.78 is 73.8. The average molecular weight is 734 g/mol. The largest absolute Gasteiger partial charge is 0.490 e. The number of amides is 2. The Morgan fingerprint density at radius 2 is 1.98 bits per heavy atom. The van der Waals surface area contributed by atoms with Crippen molar-refractivity contribution < 1.29 is 36.4 Å². The van der Waals surface area contributed by atoms with E-state index < -0.39 is 39.7 Å². The number of nitrogens with zero attached hydrogens (tertiary/aromatic N) is 2. The maximum Gasteiger partial charge on any atom is 0.395 e. The molecule has 2 aliphatic heterocycles. The van der Waals surface area contributed by atoms with Crippen LogP contribution < -0.4 is 14.4 Å². The summed E-state index contributed by atoms with van der Waals surface area (Å²) in [5.41, 5.74) is 0.884. The van der Waals surface area contributed by atoms with Gasteiger partial charge in [0, 0.05) is 42.6 Å². The lowest BCUT2D eigenvalue weighted by atomic mass is 9.68. The number of hydrogen-bond acceptors (Lipinski definition) is 6. The van der Waals surface area contributed by atoms with Crippen LogP contribution in [0.2, 0.25) is 5.02 Å². The van der Waals surface area contributed by atoms with E-state index in [1.54, 1.807) is 25.3 Å². The minimum Gasteiger partial charge on any atom is -0.490 e. The summed E-state index contributed by atoms with van der Waals surface area (Å²) in [7, 11) is -2.05. The number of nitrogens with one attached hydrogen (secondary N) is 1. The Balaban J connectivity index is 1.26. The number of hydrogen-bond donors (Lipinski definition) is 1. The molecule has 1 N–H and O–H groups in total. The summed E-state index contributed by atoms with van der Waals surface area (Å²) in [6, 6.07) is 11.1. The van der Waals surface area contributed by atoms with Gasteiger partial charge in [-0.3, -0.25) is 14.3 Å². The number of aryl methyl sites for hydroxylation is 1. The molecule has 0 radical (unpaired) electrons. The Bertz CT molecular complexity index is 1820. The van der Waals surface area contributed by atoms with E-state index in [1.807, 2.05) is 24.3 Å². The van der Waals surface area contributed by atoms with Gasteiger partial charge in [0.25, 0.3) is 5.91 Å². The predicted molar refractivity (Wildman–Crippen MR) is 186 cm³/mol. The van der Waals surface area contributed by atoms with Crippen molar-refractivity contribution in [3.8, 4) is 5.75 Å². The van der Waals surface area contributed by atoms with Gasteiger partial charge in [0.05, 0.1) is 29.6 Å². The van der Waals surface area contributed by atoms with Crippen LogP contribution in [-0.2, 0) is 31.3 Å². The molecule has 50 heavy (non-hydrogen) atoms. The van der Waals surface area contributed by atoms with Crippen LogP contribution in [0.25, 0.3) is 0 Å². The Morgan fingerprint density at radius 3 is 2.70 bits per heavy atom. The second-order valence-electron chi connectivity index (χ2n) is 14.8. The highest BCUT2D eigenvalue weighted by Crippen LogP contribution is 2.60. The second kappa shape index (κ2) is 13.5. The number of halogens is 4. The predicted octanol–water partition coefficient (Wildman–Crippen LogP) is 7.58. The van der Waals surface area contributed by atoms with Crippen LogP contribution in [0.3, 0.4) is 0 Å². The molecule has 270 valence electrons. The highest BCUT2D eigenvalue weighted by Gasteiger charge is 2.64. The van der Waals surface area contributed by atoms with E-state index in [-0.39, 0.29) is 41.6 Å². The van der Waals surface area contributed by atoms with Gasteiger partial charge in [0.2, 0.25) is 5.91 Å². The van der Waals surface area contributed by atoms with E-state index in [9.17, 15) is 27.0 Å². The summed E-state index contributed by atoms with van der Waals surface area (Å²) in [6.07, 6.45) is 3.75. The number of rotatable bonds is 4. The number of benzene rings is 2. The standard InChI is InChI=1S/C37H43ClF3N3O5S/c1-48-31-7-3-2-4-17-50(47,42-33(45)20-36(15-16-36)37(39,40)41)43-34(46)25-9-13-32-30(19-25)44(21-26-8-11-28(26)31)22-35(23-49-32)14-5-6-24-18-27(38)10-12-29(24)35/h3,7,9-10,12-13,18-19,26,28,31H,2,4-6,8,11,14-17,20-23H2,1H3,(H,42,43,45,46,47)/b7-3+/t26-,28+,31-,35-,50+/m0/s1. The van der Waals surface area contributed by atoms with Crippen molar-refractivity contribution in [1.29, 1.82) is 0 Å². The molecule has 0 unspecified atom stereocenters. The van der Waals surface area contributed by atoms with Crippen molar-refractivity contribution in [3.63, 3.8) is 0 Å². The molecule has 8 nitrogen and oxygen atoms in total. The van der Waals surface area contributed by atoms with Crippen LogP contribution in [0.15, 0.2) is 52.9 Å². The molecule has 2 bridgehead atoms. The molecule has 2 aromatic carbocycles. The fraction of sp³-hybridized carbons (Fsp3) is 0.568. The van der Waals surface area contributed by atoms with Gasteiger partial charge in [-0.1, -0.05) is 29.8 Å². The van der Waals surface area contributed by atoms with Crippen molar-refractivity contribution in [2.75, 3.05) is 37.5 Å². The average Bonchev–Trinajstić information content (AvgIpc) is 3.86. The zero-order chi connectivity index (χ0) is 35.3. The normalized spacial score (nSPS) is 31.2. The van der Waals surface area contributed by atoms with Gasteiger partial charge in [-0.05, 0) is 111 Å². The monoisotopic (exact) mass is 733 g/mol. The molecule has 1 spiro atoms. The van der Waals surface area contributed by atoms with E-state index in [1.165, 1.54) is 11.1 Å². The third kappa shape index (κ3) is 6.91. The quantitative estimate of drug-likeness (QED) is 0.326. The van der Waals surface area contributed by atoms with Crippen molar-refractivity contribution in [3.05, 3.63) is 70.3 Å². The molecule has 2 heterocycles. The van der Waals surface area contributed by atoms with Gasteiger partial charge >= 0.3 is 6.18 Å². The van der Waals surface area contributed by atoms with Crippen LogP contribution in [-0.4, -0.2) is 60.9 Å². The van der Waals surface area contributed by atoms with Gasteiger partial charge in [0.1, 0.15) is 15.7 Å². The van der Waals surface area contributed by atoms with Gasteiger partial charge in [0.15, 0.2) is 0 Å². The molecule has 2 amide bonds. The zero-order valence-corrected chi connectivity index (χ0v) is 29.7. The summed E-state index contributed by atoms with van der Waals surface area (Å²) >= 11 is 6.41. The third-order valence-corrected chi connectivity index (χ3v) is 13.6. The van der Waals surface area contributed by atoms with E-state index in [0.717, 1.165) is 37.8 Å². The molecule has 2 fully saturated rings. The maximum absolute atomic E-state index is 14.1. The Kier molecular flexibility index (Phi) is 9.52. The molecule has 3 aliphatic carbocycles. The second-order valence-corrected chi connectivity index (χ2v) is 17.3. The van der Waals surface area contributed by atoms with Gasteiger partial charge < -0.3 is 14.4 Å². The minimum absolute atomic E-state index is 0.130. The zero-order valence-electron chi connectivity index (χ0n) is 28.1. The van der Waals surface area contributed by atoms with Crippen LogP contribution in [0, 0.1) is 17.3 Å². The lowest BCUT2D eigenvalue weighted by Gasteiger charge is -2.46. The lowest BCUT2D eigenvalue weighted by molar-refractivity contribution is -0.190. The topological polar surface area (TPSA) is 97.3 Å². The number of anilines is 1. The first-order valence-corrected chi connectivity index (χ1v) is 19.6. The first-order valence-electron chi connectivity index (χ1n) is 17.5. The molecular weight excluding hydrogens is 691 g/mol. The number of alkyl halides is 3. The SMILES string of the molecule is CO[C@H]1/C=C/CCC[S@@](=O)(NC(=O)CC2(C(F)(F)F)CC2)=NC(=O)c2ccc3c(c2)N(C[C@@H]2CC[C@H]21)C[C@@]1(CCCc2cc(Cl)ccc21)CO3. The number of fused-ring (bicyclic) bond motifs is 4. The Morgan fingerprint density at radius 1 is 1.16 bits per heavy atom. The van der Waals surface area contributed by atoms with Crippen molar-refractivity contribution in [1.82, 2.24) is 4.72 Å². The molecule has 2 aromatic rings. The molecule has 7 rings (SSSR count). The van der Waals surface area contributed by atoms with Gasteiger partial charge in [-0.25, -0.2) is 4.21 Å². The highest BCUT2D eigenvalue weighted by molar-refractivity contribution is 7.92. The molecule has 0 aromatic heterocycles. The number of carbonyl (C=O) groups excluding carboxylic acids is 2. The van der Waals surface area contributed by atoms with E-state index >= 15 is 0 Å². The van der Waals surface area contributed by atoms with Gasteiger partial charge in [-0.15, -0.1) is 4.36 Å². The smallest absolute Gasteiger partial charge is 0.395 e. The number of methoxy groups -OCH3 is 1. The fourth-order valence-electron chi connectivity index (χ4n) is 8.35. The summed E-state index contributed by atoms with van der Waals surface area (Å²) in [5, 5.41) is 0.701. The van der Waals surface area contributed by atoms with E-state index in [0.29, 0.717) is 49.2 Å². The minimum atomic E-state index is -4.55. The number of allylic oxidation sites excluding steroid dienone is 1. The van der Waals surface area contributed by atoms with Crippen molar-refractivity contribution in [2.24, 2.45) is 21.6 Å². The molecule has 5 atom stereocenters. The molecule has 2 saturated carbocycles. The number of carbonyl (C=O) groups is 2. The molecular formula is C37H43ClF3N3O5S.